The van der Waals surface area contributed by atoms with Crippen molar-refractivity contribution in [1.29, 1.82) is 0 Å². The van der Waals surface area contributed by atoms with Crippen LogP contribution >= 0.6 is 11.6 Å². The van der Waals surface area contributed by atoms with Crippen molar-refractivity contribution >= 4 is 34.3 Å². The van der Waals surface area contributed by atoms with Crippen LogP contribution in [0.15, 0.2) is 76.3 Å². The molecule has 0 unspecified atom stereocenters. The van der Waals surface area contributed by atoms with E-state index in [1.807, 2.05) is 12.2 Å². The van der Waals surface area contributed by atoms with Crippen LogP contribution in [0.5, 0.6) is 0 Å². The molecule has 0 heterocycles. The molecule has 2 aromatic rings. The quantitative estimate of drug-likeness (QED) is 0.654. The zero-order valence-electron chi connectivity index (χ0n) is 17.8. The summed E-state index contributed by atoms with van der Waals surface area (Å²) in [7, 11) is 5.88. The standard InChI is InChI=1S/C25H28ClN3/c1-6-28-20-10-7-18(8-11-20)25(19-9-14-24(27-3)23(26)16-19)22-13-12-21(29(4)5)15-17(22)2/h7-16,28H,6H2,1-5H3. The van der Waals surface area contributed by atoms with Gasteiger partial charge in [0.25, 0.3) is 0 Å². The first-order chi connectivity index (χ1) is 13.9. The summed E-state index contributed by atoms with van der Waals surface area (Å²) in [6.07, 6.45) is 6.09. The lowest BCUT2D eigenvalue weighted by molar-refractivity contribution is 1.13. The lowest BCUT2D eigenvalue weighted by Gasteiger charge is -2.20. The number of nitrogens with one attached hydrogen (secondary N) is 1. The lowest BCUT2D eigenvalue weighted by Crippen LogP contribution is -2.09. The summed E-state index contributed by atoms with van der Waals surface area (Å²) in [5.41, 5.74) is 8.94. The molecule has 0 bridgehead atoms. The molecule has 150 valence electrons. The van der Waals surface area contributed by atoms with E-state index in [0.29, 0.717) is 5.03 Å². The number of halogens is 1. The number of anilines is 2. The molecule has 0 radical (unpaired) electrons. The van der Waals surface area contributed by atoms with Crippen LogP contribution in [-0.2, 0) is 0 Å². The third kappa shape index (κ3) is 4.63. The Labute approximate surface area is 179 Å². The molecule has 0 amide bonds. The van der Waals surface area contributed by atoms with Crippen LogP contribution in [0.1, 0.15) is 23.6 Å². The fourth-order valence-electron chi connectivity index (χ4n) is 3.49. The molecule has 0 spiro atoms. The fraction of sp³-hybridized carbons (Fsp3) is 0.240. The summed E-state index contributed by atoms with van der Waals surface area (Å²) in [4.78, 5) is 6.36. The SMILES string of the molecule is CCNc1ccc(C(=C2C=CC(=NC)C(Cl)=C2)c2ccc(N(C)C)cc2C)cc1. The van der Waals surface area contributed by atoms with E-state index in [2.05, 4.69) is 91.7 Å². The van der Waals surface area contributed by atoms with E-state index in [0.717, 1.165) is 29.1 Å². The second-order valence-electron chi connectivity index (χ2n) is 7.27. The monoisotopic (exact) mass is 405 g/mol. The fourth-order valence-corrected chi connectivity index (χ4v) is 3.75. The number of rotatable bonds is 5. The molecule has 0 aromatic heterocycles. The summed E-state index contributed by atoms with van der Waals surface area (Å²) in [5, 5.41) is 4.02. The van der Waals surface area contributed by atoms with E-state index >= 15 is 0 Å². The van der Waals surface area contributed by atoms with Crippen molar-refractivity contribution in [2.45, 2.75) is 13.8 Å². The van der Waals surface area contributed by atoms with Crippen LogP contribution in [0.25, 0.3) is 5.57 Å². The number of allylic oxidation sites excluding steroid dienone is 5. The van der Waals surface area contributed by atoms with Gasteiger partial charge in [-0.15, -0.1) is 0 Å². The largest absolute Gasteiger partial charge is 0.385 e. The molecule has 1 N–H and O–H groups in total. The second kappa shape index (κ2) is 9.15. The molecule has 1 aliphatic carbocycles. The maximum Gasteiger partial charge on any atom is 0.0757 e. The summed E-state index contributed by atoms with van der Waals surface area (Å²) in [6.45, 7) is 5.16. The third-order valence-electron chi connectivity index (χ3n) is 5.03. The van der Waals surface area contributed by atoms with Crippen molar-refractivity contribution in [1.82, 2.24) is 0 Å². The minimum Gasteiger partial charge on any atom is -0.385 e. The molecule has 3 rings (SSSR count). The predicted molar refractivity (Wildman–Crippen MR) is 129 cm³/mol. The second-order valence-corrected chi connectivity index (χ2v) is 7.67. The highest BCUT2D eigenvalue weighted by Crippen LogP contribution is 2.35. The molecule has 29 heavy (non-hydrogen) atoms. The topological polar surface area (TPSA) is 27.6 Å². The van der Waals surface area contributed by atoms with Crippen molar-refractivity contribution in [3.63, 3.8) is 0 Å². The summed E-state index contributed by atoms with van der Waals surface area (Å²) in [5.74, 6) is 0. The molecule has 0 aliphatic heterocycles. The van der Waals surface area contributed by atoms with E-state index in [4.69, 9.17) is 11.6 Å². The first-order valence-corrected chi connectivity index (χ1v) is 10.2. The third-order valence-corrected chi connectivity index (χ3v) is 5.33. The summed E-state index contributed by atoms with van der Waals surface area (Å²) in [6, 6.07) is 15.2. The Morgan fingerprint density at radius 1 is 1.07 bits per heavy atom. The van der Waals surface area contributed by atoms with Gasteiger partial charge in [0, 0.05) is 39.1 Å². The van der Waals surface area contributed by atoms with Gasteiger partial charge >= 0.3 is 0 Å². The van der Waals surface area contributed by atoms with Crippen LogP contribution < -0.4 is 10.2 Å². The zero-order valence-corrected chi connectivity index (χ0v) is 18.5. The van der Waals surface area contributed by atoms with E-state index in [9.17, 15) is 0 Å². The van der Waals surface area contributed by atoms with Gasteiger partial charge in [-0.1, -0.05) is 35.9 Å². The number of benzene rings is 2. The smallest absolute Gasteiger partial charge is 0.0757 e. The van der Waals surface area contributed by atoms with Gasteiger partial charge in [-0.2, -0.15) is 0 Å². The van der Waals surface area contributed by atoms with Crippen molar-refractivity contribution in [3.8, 4) is 0 Å². The Morgan fingerprint density at radius 3 is 2.34 bits per heavy atom. The molecule has 1 aliphatic rings. The van der Waals surface area contributed by atoms with Gasteiger partial charge < -0.3 is 10.2 Å². The molecular formula is C25H28ClN3. The van der Waals surface area contributed by atoms with Gasteiger partial charge in [0.2, 0.25) is 0 Å². The highest BCUT2D eigenvalue weighted by atomic mass is 35.5. The molecule has 2 aromatic carbocycles. The van der Waals surface area contributed by atoms with E-state index in [-0.39, 0.29) is 0 Å². The van der Waals surface area contributed by atoms with Crippen LogP contribution in [0.3, 0.4) is 0 Å². The molecule has 0 fully saturated rings. The van der Waals surface area contributed by atoms with Gasteiger partial charge in [0.1, 0.15) is 0 Å². The van der Waals surface area contributed by atoms with Crippen molar-refractivity contribution in [3.05, 3.63) is 88.0 Å². The summed E-state index contributed by atoms with van der Waals surface area (Å²) >= 11 is 6.50. The molecular weight excluding hydrogens is 378 g/mol. The average molecular weight is 406 g/mol. The maximum atomic E-state index is 6.50. The first kappa shape index (κ1) is 20.9. The first-order valence-electron chi connectivity index (χ1n) is 9.84. The molecule has 3 nitrogen and oxygen atoms in total. The number of aryl methyl sites for hydroxylation is 1. The highest BCUT2D eigenvalue weighted by Gasteiger charge is 2.16. The Morgan fingerprint density at radius 2 is 1.79 bits per heavy atom. The van der Waals surface area contributed by atoms with Gasteiger partial charge in [-0.25, -0.2) is 0 Å². The Bertz CT molecular complexity index is 1010. The minimum absolute atomic E-state index is 0.661. The van der Waals surface area contributed by atoms with Crippen LogP contribution in [0.4, 0.5) is 11.4 Å². The van der Waals surface area contributed by atoms with Crippen LogP contribution in [0, 0.1) is 6.92 Å². The molecule has 0 saturated heterocycles. The zero-order chi connectivity index (χ0) is 21.0. The highest BCUT2D eigenvalue weighted by molar-refractivity contribution is 6.46. The molecule has 0 atom stereocenters. The van der Waals surface area contributed by atoms with E-state index < -0.39 is 0 Å². The number of hydrogen-bond donors (Lipinski definition) is 1. The number of hydrogen-bond acceptors (Lipinski definition) is 3. The molecule has 0 saturated carbocycles. The van der Waals surface area contributed by atoms with Gasteiger partial charge in [-0.05, 0) is 78.1 Å². The normalized spacial score (nSPS) is 16.6. The predicted octanol–water partition coefficient (Wildman–Crippen LogP) is 6.06. The van der Waals surface area contributed by atoms with Gasteiger partial charge in [-0.3, -0.25) is 4.99 Å². The Hall–Kier alpha value is -2.78. The Kier molecular flexibility index (Phi) is 6.60. The van der Waals surface area contributed by atoms with E-state index in [1.165, 1.54) is 22.4 Å². The van der Waals surface area contributed by atoms with Crippen molar-refractivity contribution < 1.29 is 0 Å². The minimum atomic E-state index is 0.661. The van der Waals surface area contributed by atoms with Gasteiger partial charge in [0.15, 0.2) is 0 Å². The van der Waals surface area contributed by atoms with Crippen LogP contribution in [0.2, 0.25) is 0 Å². The Balaban J connectivity index is 2.19. The number of aliphatic imine (C=N–C) groups is 1. The van der Waals surface area contributed by atoms with Crippen LogP contribution in [-0.4, -0.2) is 33.4 Å². The van der Waals surface area contributed by atoms with E-state index in [1.54, 1.807) is 7.05 Å². The van der Waals surface area contributed by atoms with Crippen molar-refractivity contribution in [2.24, 2.45) is 4.99 Å². The lowest BCUT2D eigenvalue weighted by atomic mass is 9.88. The number of nitrogens with zero attached hydrogens (tertiary/aromatic N) is 2. The summed E-state index contributed by atoms with van der Waals surface area (Å²) < 4.78 is 0. The average Bonchev–Trinajstić information content (AvgIpc) is 2.71. The maximum absolute atomic E-state index is 6.50. The molecule has 4 heteroatoms. The van der Waals surface area contributed by atoms with Crippen molar-refractivity contribution in [2.75, 3.05) is 37.9 Å². The van der Waals surface area contributed by atoms with Gasteiger partial charge in [0.05, 0.1) is 10.7 Å².